The predicted molar refractivity (Wildman–Crippen MR) is 89.3 cm³/mol. The van der Waals surface area contributed by atoms with Gasteiger partial charge in [-0.15, -0.1) is 0 Å². The molecule has 2 amide bonds. The number of imidazole rings is 1. The number of rotatable bonds is 5. The Morgan fingerprint density at radius 1 is 1.39 bits per heavy atom. The highest BCUT2D eigenvalue weighted by Crippen LogP contribution is 2.14. The minimum Gasteiger partial charge on any atom is -0.331 e. The van der Waals surface area contributed by atoms with Crippen LogP contribution in [0.15, 0.2) is 55.1 Å². The van der Waals surface area contributed by atoms with E-state index in [1.807, 2.05) is 24.5 Å². The van der Waals surface area contributed by atoms with Crippen LogP contribution in [0.3, 0.4) is 0 Å². The summed E-state index contributed by atoms with van der Waals surface area (Å²) in [6.45, 7) is 8.25. The summed E-state index contributed by atoms with van der Waals surface area (Å²) in [4.78, 5) is 29.8. The van der Waals surface area contributed by atoms with Gasteiger partial charge in [-0.25, -0.2) is 4.98 Å². The van der Waals surface area contributed by atoms with E-state index in [0.717, 1.165) is 11.3 Å². The molecular weight excluding hydrogens is 292 g/mol. The average molecular weight is 312 g/mol. The summed E-state index contributed by atoms with van der Waals surface area (Å²) in [5.74, 6) is -1.22. The molecule has 0 saturated heterocycles. The van der Waals surface area contributed by atoms with Crippen molar-refractivity contribution in [3.63, 3.8) is 0 Å². The van der Waals surface area contributed by atoms with Gasteiger partial charge in [0.25, 0.3) is 0 Å². The number of nitrogens with zero attached hydrogens (tertiary/aromatic N) is 3. The fourth-order valence-corrected chi connectivity index (χ4v) is 2.14. The minimum atomic E-state index is -0.657. The fraction of sp³-hybridized carbons (Fsp3) is 0.235. The number of likely N-dealkylation sites (N-methyl/N-ethyl adjacent to an activating group) is 1. The second-order valence-electron chi connectivity index (χ2n) is 5.25. The lowest BCUT2D eigenvalue weighted by molar-refractivity contribution is -0.142. The van der Waals surface area contributed by atoms with Crippen LogP contribution in [0.4, 0.5) is 5.69 Å². The fourth-order valence-electron chi connectivity index (χ4n) is 2.14. The molecule has 0 radical (unpaired) electrons. The normalized spacial score (nSPS) is 10.2. The van der Waals surface area contributed by atoms with Gasteiger partial charge in [-0.2, -0.15) is 0 Å². The zero-order valence-corrected chi connectivity index (χ0v) is 13.3. The Kier molecular flexibility index (Phi) is 5.30. The second-order valence-corrected chi connectivity index (χ2v) is 5.25. The van der Waals surface area contributed by atoms with Gasteiger partial charge in [0.15, 0.2) is 0 Å². The summed E-state index contributed by atoms with van der Waals surface area (Å²) in [7, 11) is 0. The van der Waals surface area contributed by atoms with Crippen molar-refractivity contribution in [2.75, 3.05) is 18.4 Å². The smallest absolute Gasteiger partial charge is 0.313 e. The van der Waals surface area contributed by atoms with E-state index in [-0.39, 0.29) is 0 Å². The van der Waals surface area contributed by atoms with Crippen LogP contribution in [0.5, 0.6) is 0 Å². The van der Waals surface area contributed by atoms with Gasteiger partial charge in [0, 0.05) is 36.9 Å². The first-order valence-corrected chi connectivity index (χ1v) is 7.34. The van der Waals surface area contributed by atoms with Gasteiger partial charge in [-0.3, -0.25) is 9.59 Å². The molecule has 0 spiro atoms. The van der Waals surface area contributed by atoms with Gasteiger partial charge >= 0.3 is 11.8 Å². The third-order valence-electron chi connectivity index (χ3n) is 3.23. The molecule has 1 N–H and O–H groups in total. The molecule has 0 aliphatic rings. The van der Waals surface area contributed by atoms with Crippen LogP contribution in [0.25, 0.3) is 5.69 Å². The lowest BCUT2D eigenvalue weighted by Gasteiger charge is -2.20. The molecule has 0 unspecified atom stereocenters. The highest BCUT2D eigenvalue weighted by molar-refractivity contribution is 6.39. The van der Waals surface area contributed by atoms with Crippen molar-refractivity contribution < 1.29 is 9.59 Å². The Labute approximate surface area is 135 Å². The van der Waals surface area contributed by atoms with Crippen LogP contribution in [-0.4, -0.2) is 39.4 Å². The van der Waals surface area contributed by atoms with E-state index in [9.17, 15) is 9.59 Å². The van der Waals surface area contributed by atoms with Crippen molar-refractivity contribution in [2.45, 2.75) is 13.8 Å². The van der Waals surface area contributed by atoms with Crippen molar-refractivity contribution in [2.24, 2.45) is 0 Å². The lowest BCUT2D eigenvalue weighted by atomic mass is 10.2. The largest absolute Gasteiger partial charge is 0.331 e. The molecule has 1 heterocycles. The zero-order chi connectivity index (χ0) is 16.8. The van der Waals surface area contributed by atoms with Crippen molar-refractivity contribution >= 4 is 17.5 Å². The number of carbonyl (C=O) groups excluding carboxylic acids is 2. The maximum Gasteiger partial charge on any atom is 0.313 e. The third kappa shape index (κ3) is 4.29. The summed E-state index contributed by atoms with van der Waals surface area (Å²) < 4.78 is 1.82. The molecule has 0 aliphatic heterocycles. The van der Waals surface area contributed by atoms with Crippen molar-refractivity contribution in [1.82, 2.24) is 14.5 Å². The Balaban J connectivity index is 2.09. The first kappa shape index (κ1) is 16.5. The van der Waals surface area contributed by atoms with E-state index in [0.29, 0.717) is 18.8 Å². The summed E-state index contributed by atoms with van der Waals surface area (Å²) in [5, 5.41) is 2.64. The monoisotopic (exact) mass is 312 g/mol. The molecule has 0 saturated carbocycles. The molecule has 120 valence electrons. The number of benzene rings is 1. The van der Waals surface area contributed by atoms with Gasteiger partial charge in [0.2, 0.25) is 0 Å². The average Bonchev–Trinajstić information content (AvgIpc) is 3.06. The molecule has 1 aromatic carbocycles. The predicted octanol–water partition coefficient (Wildman–Crippen LogP) is 2.24. The SMILES string of the molecule is C=C(C)CN(CC)C(=O)C(=O)Nc1cccc(-n2ccnc2)c1. The van der Waals surface area contributed by atoms with E-state index in [4.69, 9.17) is 0 Å². The van der Waals surface area contributed by atoms with Gasteiger partial charge in [-0.05, 0) is 32.0 Å². The van der Waals surface area contributed by atoms with Crippen LogP contribution < -0.4 is 5.32 Å². The number of nitrogens with one attached hydrogen (secondary N) is 1. The first-order chi connectivity index (χ1) is 11.0. The van der Waals surface area contributed by atoms with Gasteiger partial charge in [0.05, 0.1) is 6.33 Å². The van der Waals surface area contributed by atoms with Crippen LogP contribution >= 0.6 is 0 Å². The maximum absolute atomic E-state index is 12.2. The Bertz CT molecular complexity index is 707. The molecule has 0 atom stereocenters. The van der Waals surface area contributed by atoms with Crippen LogP contribution in [0, 0.1) is 0 Å². The number of amides is 2. The van der Waals surface area contributed by atoms with E-state index < -0.39 is 11.8 Å². The molecule has 2 aromatic rings. The van der Waals surface area contributed by atoms with E-state index in [2.05, 4.69) is 16.9 Å². The number of carbonyl (C=O) groups is 2. The molecule has 0 aliphatic carbocycles. The molecule has 6 heteroatoms. The molecule has 0 fully saturated rings. The molecule has 6 nitrogen and oxygen atoms in total. The Morgan fingerprint density at radius 2 is 2.17 bits per heavy atom. The standard InChI is InChI=1S/C17H20N4O2/c1-4-20(11-13(2)3)17(23)16(22)19-14-6-5-7-15(10-14)21-9-8-18-12-21/h5-10,12H,2,4,11H2,1,3H3,(H,19,22). The van der Waals surface area contributed by atoms with Crippen LogP contribution in [0.2, 0.25) is 0 Å². The van der Waals surface area contributed by atoms with E-state index in [1.165, 1.54) is 4.90 Å². The molecule has 0 bridgehead atoms. The molecular formula is C17H20N4O2. The summed E-state index contributed by atoms with van der Waals surface area (Å²) in [5.41, 5.74) is 2.23. The number of hydrogen-bond acceptors (Lipinski definition) is 3. The number of anilines is 1. The lowest BCUT2D eigenvalue weighted by Crippen LogP contribution is -2.40. The van der Waals surface area contributed by atoms with Crippen molar-refractivity contribution in [3.05, 3.63) is 55.1 Å². The van der Waals surface area contributed by atoms with Gasteiger partial charge in [-0.1, -0.05) is 18.2 Å². The minimum absolute atomic E-state index is 0.373. The highest BCUT2D eigenvalue weighted by Gasteiger charge is 2.20. The van der Waals surface area contributed by atoms with Crippen molar-refractivity contribution in [3.8, 4) is 5.69 Å². The first-order valence-electron chi connectivity index (χ1n) is 7.34. The van der Waals surface area contributed by atoms with E-state index >= 15 is 0 Å². The third-order valence-corrected chi connectivity index (χ3v) is 3.23. The van der Waals surface area contributed by atoms with Gasteiger partial charge in [0.1, 0.15) is 0 Å². The number of aromatic nitrogens is 2. The summed E-state index contributed by atoms with van der Waals surface area (Å²) >= 11 is 0. The maximum atomic E-state index is 12.2. The van der Waals surface area contributed by atoms with Crippen molar-refractivity contribution in [1.29, 1.82) is 0 Å². The number of hydrogen-bond donors (Lipinski definition) is 1. The summed E-state index contributed by atoms with van der Waals surface area (Å²) in [6.07, 6.45) is 5.14. The summed E-state index contributed by atoms with van der Waals surface area (Å²) in [6, 6.07) is 7.21. The molecule has 2 rings (SSSR count). The highest BCUT2D eigenvalue weighted by atomic mass is 16.2. The molecule has 1 aromatic heterocycles. The van der Waals surface area contributed by atoms with E-state index in [1.54, 1.807) is 36.9 Å². The second kappa shape index (κ2) is 7.40. The van der Waals surface area contributed by atoms with Gasteiger partial charge < -0.3 is 14.8 Å². The zero-order valence-electron chi connectivity index (χ0n) is 13.3. The Morgan fingerprint density at radius 3 is 2.78 bits per heavy atom. The Hall–Kier alpha value is -2.89. The van der Waals surface area contributed by atoms with Crippen LogP contribution in [-0.2, 0) is 9.59 Å². The molecule has 23 heavy (non-hydrogen) atoms. The quantitative estimate of drug-likeness (QED) is 0.680. The van der Waals surface area contributed by atoms with Crippen LogP contribution in [0.1, 0.15) is 13.8 Å². The topological polar surface area (TPSA) is 67.2 Å².